The molecule has 2 saturated carbocycles. The Balaban J connectivity index is 1.28. The fourth-order valence-electron chi connectivity index (χ4n) is 6.54. The molecule has 0 spiro atoms. The first-order valence-corrected chi connectivity index (χ1v) is 14.0. The smallest absolute Gasteiger partial charge is 0.429 e. The summed E-state index contributed by atoms with van der Waals surface area (Å²) < 4.78 is 105. The van der Waals surface area contributed by atoms with Crippen LogP contribution in [-0.4, -0.2) is 0 Å². The molecule has 2 fully saturated rings. The summed E-state index contributed by atoms with van der Waals surface area (Å²) in [4.78, 5) is 0. The van der Waals surface area contributed by atoms with Crippen molar-refractivity contribution in [3.05, 3.63) is 101 Å². The Labute approximate surface area is 235 Å². The zero-order valence-electron chi connectivity index (χ0n) is 22.4. The molecule has 0 heterocycles. The number of ether oxygens (including phenoxy) is 1. The van der Waals surface area contributed by atoms with E-state index in [2.05, 4.69) is 17.4 Å². The SMILES string of the molecule is C=CC1CCC(C2CCC(c3ccc(-c4cc(F)c(C(F)(F)Oc5ccc(F)c(F)c5)c(F)c4)c(F)c3)CC2)CC1. The second kappa shape index (κ2) is 11.9. The van der Waals surface area contributed by atoms with Gasteiger partial charge in [-0.1, -0.05) is 18.2 Å². The summed E-state index contributed by atoms with van der Waals surface area (Å²) in [5.41, 5.74) is -1.30. The van der Waals surface area contributed by atoms with E-state index < -0.39 is 46.5 Å². The predicted octanol–water partition coefficient (Wildman–Crippen LogP) is 10.4. The van der Waals surface area contributed by atoms with Crippen LogP contribution < -0.4 is 4.74 Å². The standard InChI is InChI=1S/C33H31F7O/c1-2-19-3-5-20(6-4-19)21-7-9-22(10-8-21)23-11-13-26(28(35)15-23)24-16-30(37)32(31(38)17-24)33(39,40)41-25-12-14-27(34)29(36)18-25/h2,11-22H,1,3-10H2. The molecule has 0 unspecified atom stereocenters. The van der Waals surface area contributed by atoms with Crippen molar-refractivity contribution in [2.45, 2.75) is 63.4 Å². The normalized spacial score (nSPS) is 23.3. The highest BCUT2D eigenvalue weighted by Crippen LogP contribution is 2.45. The monoisotopic (exact) mass is 576 g/mol. The van der Waals surface area contributed by atoms with Gasteiger partial charge in [-0.15, -0.1) is 6.58 Å². The summed E-state index contributed by atoms with van der Waals surface area (Å²) in [6.45, 7) is 3.92. The van der Waals surface area contributed by atoms with E-state index in [1.165, 1.54) is 37.8 Å². The van der Waals surface area contributed by atoms with Gasteiger partial charge in [-0.05, 0) is 116 Å². The van der Waals surface area contributed by atoms with Crippen LogP contribution in [0.15, 0.2) is 61.2 Å². The molecule has 3 aromatic rings. The number of alkyl halides is 2. The third-order valence-corrected chi connectivity index (χ3v) is 8.83. The molecule has 0 aromatic heterocycles. The lowest BCUT2D eigenvalue weighted by molar-refractivity contribution is -0.189. The van der Waals surface area contributed by atoms with Crippen LogP contribution in [-0.2, 0) is 6.11 Å². The first-order chi connectivity index (χ1) is 19.6. The summed E-state index contributed by atoms with van der Waals surface area (Å²) in [6, 6.07) is 7.29. The Kier molecular flexibility index (Phi) is 8.48. The summed E-state index contributed by atoms with van der Waals surface area (Å²) in [5, 5.41) is 0. The summed E-state index contributed by atoms with van der Waals surface area (Å²) in [6.07, 6.45) is 6.39. The zero-order valence-corrected chi connectivity index (χ0v) is 22.4. The summed E-state index contributed by atoms with van der Waals surface area (Å²) in [5.74, 6) is -5.42. The van der Waals surface area contributed by atoms with E-state index >= 15 is 4.39 Å². The first kappa shape index (κ1) is 29.2. The molecule has 8 heteroatoms. The maximum atomic E-state index is 15.2. The molecule has 0 bridgehead atoms. The van der Waals surface area contributed by atoms with E-state index in [0.29, 0.717) is 42.2 Å². The quantitative estimate of drug-likeness (QED) is 0.201. The maximum absolute atomic E-state index is 15.2. The van der Waals surface area contributed by atoms with Gasteiger partial charge in [-0.3, -0.25) is 0 Å². The van der Waals surface area contributed by atoms with Crippen LogP contribution in [0.2, 0.25) is 0 Å². The lowest BCUT2D eigenvalue weighted by Crippen LogP contribution is -2.25. The Bertz CT molecular complexity index is 1380. The molecule has 0 N–H and O–H groups in total. The molecule has 218 valence electrons. The lowest BCUT2D eigenvalue weighted by atomic mass is 9.68. The van der Waals surface area contributed by atoms with Crippen molar-refractivity contribution in [2.24, 2.45) is 17.8 Å². The minimum Gasteiger partial charge on any atom is -0.429 e. The topological polar surface area (TPSA) is 9.23 Å². The van der Waals surface area contributed by atoms with Crippen LogP contribution in [0.4, 0.5) is 30.7 Å². The van der Waals surface area contributed by atoms with E-state index in [0.717, 1.165) is 37.2 Å². The van der Waals surface area contributed by atoms with Crippen molar-refractivity contribution in [1.82, 2.24) is 0 Å². The van der Waals surface area contributed by atoms with Gasteiger partial charge >= 0.3 is 6.11 Å². The van der Waals surface area contributed by atoms with Crippen molar-refractivity contribution in [2.75, 3.05) is 0 Å². The highest BCUT2D eigenvalue weighted by Gasteiger charge is 2.41. The Hall–Kier alpha value is -3.29. The van der Waals surface area contributed by atoms with Gasteiger partial charge in [0.1, 0.15) is 28.8 Å². The fraction of sp³-hybridized carbons (Fsp3) is 0.394. The number of allylic oxidation sites excluding steroid dienone is 1. The second-order valence-corrected chi connectivity index (χ2v) is 11.3. The summed E-state index contributed by atoms with van der Waals surface area (Å²) in [7, 11) is 0. The Morgan fingerprint density at radius 2 is 1.27 bits per heavy atom. The van der Waals surface area contributed by atoms with Gasteiger partial charge in [-0.2, -0.15) is 8.78 Å². The van der Waals surface area contributed by atoms with Crippen LogP contribution in [0.3, 0.4) is 0 Å². The van der Waals surface area contributed by atoms with Gasteiger partial charge < -0.3 is 4.74 Å². The van der Waals surface area contributed by atoms with Gasteiger partial charge in [0.15, 0.2) is 11.6 Å². The number of hydrogen-bond donors (Lipinski definition) is 0. The predicted molar refractivity (Wildman–Crippen MR) is 143 cm³/mol. The van der Waals surface area contributed by atoms with Crippen LogP contribution in [0.1, 0.15) is 68.4 Å². The van der Waals surface area contributed by atoms with Crippen LogP contribution in [0, 0.1) is 46.8 Å². The molecule has 1 nitrogen and oxygen atoms in total. The molecule has 0 radical (unpaired) electrons. The molecule has 41 heavy (non-hydrogen) atoms. The molecule has 0 amide bonds. The van der Waals surface area contributed by atoms with Crippen molar-refractivity contribution in [1.29, 1.82) is 0 Å². The van der Waals surface area contributed by atoms with Crippen molar-refractivity contribution < 1.29 is 35.5 Å². The average molecular weight is 577 g/mol. The van der Waals surface area contributed by atoms with Gasteiger partial charge in [-0.25, -0.2) is 22.0 Å². The van der Waals surface area contributed by atoms with Crippen molar-refractivity contribution in [3.8, 4) is 16.9 Å². The molecular formula is C33H31F7O. The number of benzene rings is 3. The lowest BCUT2D eigenvalue weighted by Gasteiger charge is -2.37. The number of rotatable bonds is 7. The average Bonchev–Trinajstić information content (AvgIpc) is 2.94. The Morgan fingerprint density at radius 1 is 0.659 bits per heavy atom. The summed E-state index contributed by atoms with van der Waals surface area (Å²) >= 11 is 0. The fourth-order valence-corrected chi connectivity index (χ4v) is 6.54. The highest BCUT2D eigenvalue weighted by molar-refractivity contribution is 5.65. The van der Waals surface area contributed by atoms with Crippen LogP contribution in [0.5, 0.6) is 5.75 Å². The minimum absolute atomic E-state index is 0.129. The molecule has 3 aromatic carbocycles. The Morgan fingerprint density at radius 3 is 1.83 bits per heavy atom. The van der Waals surface area contributed by atoms with E-state index in [1.54, 1.807) is 6.07 Å². The molecule has 2 aliphatic carbocycles. The number of hydrogen-bond acceptors (Lipinski definition) is 1. The highest BCUT2D eigenvalue weighted by atomic mass is 19.3. The molecule has 0 aliphatic heterocycles. The van der Waals surface area contributed by atoms with E-state index in [-0.39, 0.29) is 17.0 Å². The second-order valence-electron chi connectivity index (χ2n) is 11.3. The van der Waals surface area contributed by atoms with Gasteiger partial charge in [0.25, 0.3) is 0 Å². The molecule has 2 aliphatic rings. The molecule has 0 saturated heterocycles. The minimum atomic E-state index is -4.55. The van der Waals surface area contributed by atoms with E-state index in [1.807, 2.05) is 0 Å². The third kappa shape index (κ3) is 6.31. The molecule has 5 rings (SSSR count). The third-order valence-electron chi connectivity index (χ3n) is 8.83. The zero-order chi connectivity index (χ0) is 29.3. The van der Waals surface area contributed by atoms with Crippen molar-refractivity contribution in [3.63, 3.8) is 0 Å². The van der Waals surface area contributed by atoms with E-state index in [4.69, 9.17) is 0 Å². The molecular weight excluding hydrogens is 545 g/mol. The number of halogens is 7. The largest absolute Gasteiger partial charge is 0.432 e. The van der Waals surface area contributed by atoms with Crippen LogP contribution >= 0.6 is 0 Å². The van der Waals surface area contributed by atoms with Crippen molar-refractivity contribution >= 4 is 0 Å². The molecule has 0 atom stereocenters. The van der Waals surface area contributed by atoms with Gasteiger partial charge in [0.2, 0.25) is 0 Å². The van der Waals surface area contributed by atoms with Gasteiger partial charge in [0, 0.05) is 11.6 Å². The van der Waals surface area contributed by atoms with Gasteiger partial charge in [0.05, 0.1) is 0 Å². The van der Waals surface area contributed by atoms with Crippen LogP contribution in [0.25, 0.3) is 11.1 Å². The van der Waals surface area contributed by atoms with E-state index in [9.17, 15) is 26.3 Å². The maximum Gasteiger partial charge on any atom is 0.432 e. The first-order valence-electron chi connectivity index (χ1n) is 14.0.